The fourth-order valence-electron chi connectivity index (χ4n) is 3.21. The third-order valence-corrected chi connectivity index (χ3v) is 4.49. The third kappa shape index (κ3) is 3.94. The maximum absolute atomic E-state index is 5.25. The highest BCUT2D eigenvalue weighted by Crippen LogP contribution is 2.21. The highest BCUT2D eigenvalue weighted by Gasteiger charge is 2.25. The van der Waals surface area contributed by atoms with Crippen molar-refractivity contribution in [2.45, 2.75) is 38.6 Å². The number of methoxy groups -OCH3 is 1. The summed E-state index contributed by atoms with van der Waals surface area (Å²) in [7, 11) is 1.82. The molecule has 0 saturated carbocycles. The van der Waals surface area contributed by atoms with Crippen LogP contribution in [0.1, 0.15) is 32.6 Å². The summed E-state index contributed by atoms with van der Waals surface area (Å²) in [4.78, 5) is 2.64. The quantitative estimate of drug-likeness (QED) is 0.810. The van der Waals surface area contributed by atoms with E-state index in [4.69, 9.17) is 4.74 Å². The van der Waals surface area contributed by atoms with Crippen molar-refractivity contribution >= 4 is 0 Å². The average molecular weight is 240 g/mol. The van der Waals surface area contributed by atoms with Crippen LogP contribution in [0, 0.1) is 11.8 Å². The van der Waals surface area contributed by atoms with Crippen LogP contribution in [0.5, 0.6) is 0 Å². The molecule has 0 bridgehead atoms. The molecule has 0 spiro atoms. The Kier molecular flexibility index (Phi) is 5.26. The Morgan fingerprint density at radius 1 is 1.24 bits per heavy atom. The second-order valence-electron chi connectivity index (χ2n) is 5.88. The zero-order valence-electron chi connectivity index (χ0n) is 11.5. The van der Waals surface area contributed by atoms with Crippen molar-refractivity contribution in [3.63, 3.8) is 0 Å². The Morgan fingerprint density at radius 2 is 2.00 bits per heavy atom. The Bertz CT molecular complexity index is 214. The molecule has 2 heterocycles. The van der Waals surface area contributed by atoms with Gasteiger partial charge in [0.05, 0.1) is 0 Å². The lowest BCUT2D eigenvalue weighted by molar-refractivity contribution is 0.0888. The van der Waals surface area contributed by atoms with E-state index in [2.05, 4.69) is 17.1 Å². The predicted octanol–water partition coefficient (Wildman–Crippen LogP) is 1.73. The van der Waals surface area contributed by atoms with Gasteiger partial charge in [0, 0.05) is 26.3 Å². The van der Waals surface area contributed by atoms with E-state index in [0.717, 1.165) is 24.5 Å². The molecule has 0 aliphatic carbocycles. The summed E-state index contributed by atoms with van der Waals surface area (Å²) in [5.74, 6) is 1.65. The molecule has 2 aliphatic rings. The fourth-order valence-corrected chi connectivity index (χ4v) is 3.21. The SMILES string of the molecule is COCC1CCN(CC2NCCCC2C)CC1. The summed E-state index contributed by atoms with van der Waals surface area (Å²) >= 11 is 0. The van der Waals surface area contributed by atoms with Gasteiger partial charge in [-0.3, -0.25) is 0 Å². The lowest BCUT2D eigenvalue weighted by Crippen LogP contribution is -2.49. The molecule has 0 aromatic rings. The maximum atomic E-state index is 5.25. The number of rotatable bonds is 4. The van der Waals surface area contributed by atoms with Gasteiger partial charge in [-0.1, -0.05) is 6.92 Å². The van der Waals surface area contributed by atoms with Gasteiger partial charge in [0.25, 0.3) is 0 Å². The minimum Gasteiger partial charge on any atom is -0.384 e. The van der Waals surface area contributed by atoms with Crippen molar-refractivity contribution < 1.29 is 4.74 Å². The molecule has 0 amide bonds. The van der Waals surface area contributed by atoms with Crippen LogP contribution in [-0.2, 0) is 4.74 Å². The highest BCUT2D eigenvalue weighted by atomic mass is 16.5. The molecule has 3 heteroatoms. The lowest BCUT2D eigenvalue weighted by Gasteiger charge is -2.38. The number of ether oxygens (including phenoxy) is 1. The zero-order chi connectivity index (χ0) is 12.1. The van der Waals surface area contributed by atoms with E-state index >= 15 is 0 Å². The van der Waals surface area contributed by atoms with E-state index in [1.807, 2.05) is 7.11 Å². The van der Waals surface area contributed by atoms with Crippen LogP contribution in [0.15, 0.2) is 0 Å². The van der Waals surface area contributed by atoms with E-state index in [9.17, 15) is 0 Å². The van der Waals surface area contributed by atoms with E-state index < -0.39 is 0 Å². The molecule has 2 aliphatic heterocycles. The van der Waals surface area contributed by atoms with Gasteiger partial charge in [-0.25, -0.2) is 0 Å². The van der Waals surface area contributed by atoms with E-state index in [0.29, 0.717) is 0 Å². The van der Waals surface area contributed by atoms with Crippen LogP contribution >= 0.6 is 0 Å². The van der Waals surface area contributed by atoms with Crippen molar-refractivity contribution in [1.29, 1.82) is 0 Å². The largest absolute Gasteiger partial charge is 0.384 e. The maximum Gasteiger partial charge on any atom is 0.0491 e. The smallest absolute Gasteiger partial charge is 0.0491 e. The molecule has 17 heavy (non-hydrogen) atoms. The van der Waals surface area contributed by atoms with Crippen molar-refractivity contribution in [1.82, 2.24) is 10.2 Å². The standard InChI is InChI=1S/C14H28N2O/c1-12-4-3-7-15-14(12)10-16-8-5-13(6-9-16)11-17-2/h12-15H,3-11H2,1-2H3. The van der Waals surface area contributed by atoms with Gasteiger partial charge in [0.2, 0.25) is 0 Å². The molecule has 3 nitrogen and oxygen atoms in total. The first-order valence-corrected chi connectivity index (χ1v) is 7.24. The van der Waals surface area contributed by atoms with E-state index in [1.165, 1.54) is 51.9 Å². The average Bonchev–Trinajstić information content (AvgIpc) is 2.35. The van der Waals surface area contributed by atoms with Gasteiger partial charge in [-0.05, 0) is 57.2 Å². The molecule has 0 aromatic heterocycles. The molecule has 2 saturated heterocycles. The first-order chi connectivity index (χ1) is 8.29. The number of nitrogens with zero attached hydrogens (tertiary/aromatic N) is 1. The second kappa shape index (κ2) is 6.72. The summed E-state index contributed by atoms with van der Waals surface area (Å²) in [6.07, 6.45) is 5.38. The van der Waals surface area contributed by atoms with Crippen molar-refractivity contribution in [3.8, 4) is 0 Å². The number of hydrogen-bond acceptors (Lipinski definition) is 3. The van der Waals surface area contributed by atoms with Gasteiger partial charge in [0.1, 0.15) is 0 Å². The molecule has 2 fully saturated rings. The van der Waals surface area contributed by atoms with E-state index in [1.54, 1.807) is 0 Å². The highest BCUT2D eigenvalue weighted by molar-refractivity contribution is 4.83. The Morgan fingerprint density at radius 3 is 2.65 bits per heavy atom. The third-order valence-electron chi connectivity index (χ3n) is 4.49. The van der Waals surface area contributed by atoms with Crippen molar-refractivity contribution in [2.24, 2.45) is 11.8 Å². The van der Waals surface area contributed by atoms with Crippen LogP contribution in [0.25, 0.3) is 0 Å². The topological polar surface area (TPSA) is 24.5 Å². The number of hydrogen-bond donors (Lipinski definition) is 1. The minimum atomic E-state index is 0.725. The van der Waals surface area contributed by atoms with Gasteiger partial charge in [-0.2, -0.15) is 0 Å². The molecule has 100 valence electrons. The van der Waals surface area contributed by atoms with Gasteiger partial charge in [0.15, 0.2) is 0 Å². The van der Waals surface area contributed by atoms with Crippen molar-refractivity contribution in [3.05, 3.63) is 0 Å². The Hall–Kier alpha value is -0.120. The van der Waals surface area contributed by atoms with Crippen LogP contribution < -0.4 is 5.32 Å². The molecular weight excluding hydrogens is 212 g/mol. The normalized spacial score (nSPS) is 32.8. The van der Waals surface area contributed by atoms with Gasteiger partial charge >= 0.3 is 0 Å². The first kappa shape index (κ1) is 13.3. The van der Waals surface area contributed by atoms with Gasteiger partial charge < -0.3 is 15.0 Å². The van der Waals surface area contributed by atoms with Crippen molar-refractivity contribution in [2.75, 3.05) is 39.9 Å². The predicted molar refractivity (Wildman–Crippen MR) is 71.2 cm³/mol. The second-order valence-corrected chi connectivity index (χ2v) is 5.88. The zero-order valence-corrected chi connectivity index (χ0v) is 11.5. The minimum absolute atomic E-state index is 0.725. The molecule has 0 aromatic carbocycles. The molecule has 1 N–H and O–H groups in total. The molecular formula is C14H28N2O. The van der Waals surface area contributed by atoms with Crippen LogP contribution in [0.2, 0.25) is 0 Å². The summed E-state index contributed by atoms with van der Waals surface area (Å²) in [5.41, 5.74) is 0. The number of nitrogens with one attached hydrogen (secondary N) is 1. The molecule has 2 atom stereocenters. The molecule has 2 unspecified atom stereocenters. The summed E-state index contributed by atoms with van der Waals surface area (Å²) < 4.78 is 5.25. The van der Waals surface area contributed by atoms with E-state index in [-0.39, 0.29) is 0 Å². The lowest BCUT2D eigenvalue weighted by atomic mass is 9.91. The summed E-state index contributed by atoms with van der Waals surface area (Å²) in [6.45, 7) is 8.34. The first-order valence-electron chi connectivity index (χ1n) is 7.24. The Labute approximate surface area is 106 Å². The monoisotopic (exact) mass is 240 g/mol. The van der Waals surface area contributed by atoms with Crippen LogP contribution in [-0.4, -0.2) is 50.8 Å². The summed E-state index contributed by atoms with van der Waals surface area (Å²) in [5, 5.41) is 3.69. The van der Waals surface area contributed by atoms with Crippen LogP contribution in [0.4, 0.5) is 0 Å². The van der Waals surface area contributed by atoms with Gasteiger partial charge in [-0.15, -0.1) is 0 Å². The Balaban J connectivity index is 1.70. The summed E-state index contributed by atoms with van der Waals surface area (Å²) in [6, 6.07) is 0.725. The van der Waals surface area contributed by atoms with Crippen LogP contribution in [0.3, 0.4) is 0 Å². The fraction of sp³-hybridized carbons (Fsp3) is 1.00. The number of piperidine rings is 2. The molecule has 2 rings (SSSR count). The number of likely N-dealkylation sites (tertiary alicyclic amines) is 1. The molecule has 0 radical (unpaired) electrons.